The number of halogens is 1. The van der Waals surface area contributed by atoms with E-state index in [1.165, 1.54) is 0 Å². The summed E-state index contributed by atoms with van der Waals surface area (Å²) in [6.45, 7) is 5.72. The zero-order valence-corrected chi connectivity index (χ0v) is 15.4. The Labute approximate surface area is 154 Å². The Balaban J connectivity index is 0.00000225. The summed E-state index contributed by atoms with van der Waals surface area (Å²) in [5.41, 5.74) is 0.603. The van der Waals surface area contributed by atoms with Crippen molar-refractivity contribution in [2.24, 2.45) is 0 Å². The molecule has 25 heavy (non-hydrogen) atoms. The molecule has 138 valence electrons. The molecular formula is C18H26ClN3O3. The molecule has 2 amide bonds. The summed E-state index contributed by atoms with van der Waals surface area (Å²) in [5.74, 6) is 0.756. The highest BCUT2D eigenvalue weighted by atomic mass is 35.5. The lowest BCUT2D eigenvalue weighted by atomic mass is 10.0. The molecule has 1 atom stereocenters. The Morgan fingerprint density at radius 3 is 2.88 bits per heavy atom. The van der Waals surface area contributed by atoms with Crippen LogP contribution in [0.3, 0.4) is 0 Å². The van der Waals surface area contributed by atoms with Crippen molar-refractivity contribution in [3.05, 3.63) is 29.8 Å². The summed E-state index contributed by atoms with van der Waals surface area (Å²) < 4.78 is 5.59. The van der Waals surface area contributed by atoms with Gasteiger partial charge in [0.1, 0.15) is 5.75 Å². The van der Waals surface area contributed by atoms with Crippen molar-refractivity contribution in [1.82, 2.24) is 15.1 Å². The number of ether oxygens (including phenoxy) is 1. The summed E-state index contributed by atoms with van der Waals surface area (Å²) in [6, 6.07) is 7.50. The lowest BCUT2D eigenvalue weighted by molar-refractivity contribution is -0.135. The van der Waals surface area contributed by atoms with Gasteiger partial charge in [-0.25, -0.2) is 0 Å². The Morgan fingerprint density at radius 1 is 1.32 bits per heavy atom. The molecule has 0 spiro atoms. The van der Waals surface area contributed by atoms with Gasteiger partial charge in [-0.05, 0) is 31.9 Å². The average Bonchev–Trinajstić information content (AvgIpc) is 2.62. The number of likely N-dealkylation sites (tertiary alicyclic amines) is 1. The van der Waals surface area contributed by atoms with Gasteiger partial charge >= 0.3 is 0 Å². The quantitative estimate of drug-likeness (QED) is 0.877. The van der Waals surface area contributed by atoms with Crippen LogP contribution in [0.4, 0.5) is 0 Å². The van der Waals surface area contributed by atoms with Crippen LogP contribution in [0.5, 0.6) is 5.75 Å². The van der Waals surface area contributed by atoms with Gasteiger partial charge in [0.15, 0.2) is 0 Å². The van der Waals surface area contributed by atoms with Gasteiger partial charge in [-0.1, -0.05) is 12.1 Å². The summed E-state index contributed by atoms with van der Waals surface area (Å²) in [4.78, 5) is 28.9. The third-order valence-electron chi connectivity index (χ3n) is 4.67. The van der Waals surface area contributed by atoms with E-state index in [9.17, 15) is 9.59 Å². The van der Waals surface area contributed by atoms with Gasteiger partial charge < -0.3 is 19.9 Å². The third-order valence-corrected chi connectivity index (χ3v) is 4.67. The summed E-state index contributed by atoms with van der Waals surface area (Å²) >= 11 is 0. The topological polar surface area (TPSA) is 61.9 Å². The number of nitrogens with one attached hydrogen (secondary N) is 1. The fraction of sp³-hybridized carbons (Fsp3) is 0.556. The molecule has 0 aliphatic carbocycles. The molecule has 1 unspecified atom stereocenters. The molecule has 0 saturated carbocycles. The Morgan fingerprint density at radius 2 is 2.12 bits per heavy atom. The number of piperidine rings is 1. The number of rotatable bonds is 4. The van der Waals surface area contributed by atoms with E-state index < -0.39 is 0 Å². The van der Waals surface area contributed by atoms with E-state index >= 15 is 0 Å². The van der Waals surface area contributed by atoms with Crippen LogP contribution in [0, 0.1) is 0 Å². The smallest absolute Gasteiger partial charge is 0.257 e. The van der Waals surface area contributed by atoms with E-state index in [0.29, 0.717) is 31.0 Å². The van der Waals surface area contributed by atoms with Gasteiger partial charge in [-0.15, -0.1) is 12.4 Å². The van der Waals surface area contributed by atoms with Crippen LogP contribution in [0.15, 0.2) is 24.3 Å². The molecule has 1 aromatic carbocycles. The highest BCUT2D eigenvalue weighted by molar-refractivity contribution is 5.97. The number of hydrogen-bond donors (Lipinski definition) is 1. The first-order chi connectivity index (χ1) is 11.7. The largest absolute Gasteiger partial charge is 0.493 e. The first kappa shape index (κ1) is 19.5. The standard InChI is InChI=1S/C18H25N3O3.ClH/c1-2-24-16-8-4-3-7-15(16)18(23)20-10-5-6-14(13-20)21-11-9-19-12-17(21)22;/h3-4,7-8,14,19H,2,5-6,9-13H2,1H3;1H. The number of benzene rings is 1. The van der Waals surface area contributed by atoms with Crippen LogP contribution in [0.2, 0.25) is 0 Å². The highest BCUT2D eigenvalue weighted by Gasteiger charge is 2.32. The summed E-state index contributed by atoms with van der Waals surface area (Å²) in [6.07, 6.45) is 1.88. The maximum Gasteiger partial charge on any atom is 0.257 e. The highest BCUT2D eigenvalue weighted by Crippen LogP contribution is 2.23. The number of carbonyl (C=O) groups excluding carboxylic acids is 2. The first-order valence-corrected chi connectivity index (χ1v) is 8.72. The van der Waals surface area contributed by atoms with Crippen molar-refractivity contribution in [2.45, 2.75) is 25.8 Å². The van der Waals surface area contributed by atoms with Gasteiger partial charge in [-0.2, -0.15) is 0 Å². The van der Waals surface area contributed by atoms with Crippen LogP contribution < -0.4 is 10.1 Å². The van der Waals surface area contributed by atoms with E-state index in [0.717, 1.165) is 32.5 Å². The number of para-hydroxylation sites is 1. The second kappa shape index (κ2) is 9.06. The number of hydrogen-bond acceptors (Lipinski definition) is 4. The van der Waals surface area contributed by atoms with Crippen LogP contribution in [0.1, 0.15) is 30.1 Å². The normalized spacial score (nSPS) is 20.8. The summed E-state index contributed by atoms with van der Waals surface area (Å²) in [5, 5.41) is 3.10. The average molecular weight is 368 g/mol. The molecule has 6 nitrogen and oxygen atoms in total. The molecule has 0 bridgehead atoms. The summed E-state index contributed by atoms with van der Waals surface area (Å²) in [7, 11) is 0. The number of piperazine rings is 1. The van der Waals surface area contributed by atoms with Gasteiger partial charge in [0, 0.05) is 32.2 Å². The molecule has 2 saturated heterocycles. The van der Waals surface area contributed by atoms with Crippen LogP contribution in [-0.2, 0) is 4.79 Å². The Hall–Kier alpha value is -1.79. The lowest BCUT2D eigenvalue weighted by Gasteiger charge is -2.41. The number of nitrogens with zero attached hydrogens (tertiary/aromatic N) is 2. The Bertz CT molecular complexity index is 611. The molecule has 2 heterocycles. The van der Waals surface area contributed by atoms with E-state index in [1.54, 1.807) is 0 Å². The molecule has 1 aromatic rings. The SMILES string of the molecule is CCOc1ccccc1C(=O)N1CCCC(N2CCNCC2=O)C1.Cl. The van der Waals surface area contributed by atoms with Crippen molar-refractivity contribution >= 4 is 24.2 Å². The fourth-order valence-electron chi connectivity index (χ4n) is 3.50. The van der Waals surface area contributed by atoms with Gasteiger partial charge in [0.2, 0.25) is 5.91 Å². The van der Waals surface area contributed by atoms with Crippen LogP contribution in [0.25, 0.3) is 0 Å². The second-order valence-corrected chi connectivity index (χ2v) is 6.24. The maximum atomic E-state index is 12.9. The van der Waals surface area contributed by atoms with Crippen molar-refractivity contribution < 1.29 is 14.3 Å². The minimum atomic E-state index is -0.00802. The van der Waals surface area contributed by atoms with Gasteiger partial charge in [0.25, 0.3) is 5.91 Å². The molecule has 2 aliphatic rings. The van der Waals surface area contributed by atoms with Crippen LogP contribution in [-0.4, -0.2) is 67.0 Å². The zero-order chi connectivity index (χ0) is 16.9. The predicted octanol–water partition coefficient (Wildman–Crippen LogP) is 1.54. The molecule has 2 fully saturated rings. The molecule has 3 rings (SSSR count). The monoisotopic (exact) mass is 367 g/mol. The fourth-order valence-corrected chi connectivity index (χ4v) is 3.50. The third kappa shape index (κ3) is 4.44. The number of amides is 2. The first-order valence-electron chi connectivity index (χ1n) is 8.72. The molecule has 0 aromatic heterocycles. The number of carbonyl (C=O) groups is 2. The van der Waals surface area contributed by atoms with Gasteiger partial charge in [-0.3, -0.25) is 9.59 Å². The Kier molecular flexibility index (Phi) is 7.08. The minimum Gasteiger partial charge on any atom is -0.493 e. The van der Waals surface area contributed by atoms with Crippen molar-refractivity contribution in [1.29, 1.82) is 0 Å². The lowest BCUT2D eigenvalue weighted by Crippen LogP contribution is -2.57. The van der Waals surface area contributed by atoms with E-state index in [4.69, 9.17) is 4.74 Å². The molecule has 7 heteroatoms. The second-order valence-electron chi connectivity index (χ2n) is 6.24. The van der Waals surface area contributed by atoms with E-state index in [1.807, 2.05) is 41.0 Å². The molecule has 0 radical (unpaired) electrons. The van der Waals surface area contributed by atoms with Crippen LogP contribution >= 0.6 is 12.4 Å². The van der Waals surface area contributed by atoms with Crippen molar-refractivity contribution in [3.8, 4) is 5.75 Å². The predicted molar refractivity (Wildman–Crippen MR) is 98.4 cm³/mol. The van der Waals surface area contributed by atoms with E-state index in [-0.39, 0.29) is 30.3 Å². The molecule has 1 N–H and O–H groups in total. The van der Waals surface area contributed by atoms with Gasteiger partial charge in [0.05, 0.1) is 18.7 Å². The maximum absolute atomic E-state index is 12.9. The van der Waals surface area contributed by atoms with Crippen molar-refractivity contribution in [2.75, 3.05) is 39.3 Å². The molecule has 2 aliphatic heterocycles. The van der Waals surface area contributed by atoms with Crippen molar-refractivity contribution in [3.63, 3.8) is 0 Å². The minimum absolute atomic E-state index is 0. The van der Waals surface area contributed by atoms with E-state index in [2.05, 4.69) is 5.32 Å². The zero-order valence-electron chi connectivity index (χ0n) is 14.6. The molecular weight excluding hydrogens is 342 g/mol.